The van der Waals surface area contributed by atoms with Gasteiger partial charge in [0.2, 0.25) is 5.91 Å². The number of aryl methyl sites for hydroxylation is 1. The molecule has 1 rings (SSSR count). The highest BCUT2D eigenvalue weighted by atomic mass is 16.1. The number of carbonyl (C=O) groups excluding carboxylic acids is 1. The predicted octanol–water partition coefficient (Wildman–Crippen LogP) is 2.87. The van der Waals surface area contributed by atoms with E-state index in [4.69, 9.17) is 0 Å². The highest BCUT2D eigenvalue weighted by molar-refractivity contribution is 5.86. The Morgan fingerprint density at radius 1 is 1.24 bits per heavy atom. The molecule has 2 nitrogen and oxygen atoms in total. The standard InChI is InChI=1S/C15H21NO/c1-3-5-6-13-7-9-14(10-8-13)11-12-16-15(17)4-2/h4,7-10H,2-3,5-6,11-12H2,1H3,(H,16,17). The molecule has 92 valence electrons. The Kier molecular flexibility index (Phi) is 6.08. The van der Waals surface area contributed by atoms with Gasteiger partial charge in [-0.3, -0.25) is 4.79 Å². The SMILES string of the molecule is C=CC(=O)NCCc1ccc(CCCC)cc1. The van der Waals surface area contributed by atoms with Gasteiger partial charge in [0, 0.05) is 6.54 Å². The van der Waals surface area contributed by atoms with Crippen LogP contribution in [0.15, 0.2) is 36.9 Å². The summed E-state index contributed by atoms with van der Waals surface area (Å²) in [5.41, 5.74) is 2.65. The molecule has 0 saturated carbocycles. The van der Waals surface area contributed by atoms with Gasteiger partial charge in [-0.15, -0.1) is 0 Å². The van der Waals surface area contributed by atoms with Crippen LogP contribution in [0.25, 0.3) is 0 Å². The number of hydrogen-bond acceptors (Lipinski definition) is 1. The summed E-state index contributed by atoms with van der Waals surface area (Å²) in [6.45, 7) is 6.29. The topological polar surface area (TPSA) is 29.1 Å². The Bertz CT molecular complexity index is 354. The average Bonchev–Trinajstić information content (AvgIpc) is 2.37. The molecule has 1 aromatic rings. The average molecular weight is 231 g/mol. The Balaban J connectivity index is 2.34. The van der Waals surface area contributed by atoms with Crippen molar-refractivity contribution < 1.29 is 4.79 Å². The summed E-state index contributed by atoms with van der Waals surface area (Å²) in [6.07, 6.45) is 5.80. The second-order valence-electron chi connectivity index (χ2n) is 4.17. The van der Waals surface area contributed by atoms with Crippen molar-refractivity contribution >= 4 is 5.91 Å². The molecule has 0 heterocycles. The Morgan fingerprint density at radius 2 is 1.82 bits per heavy atom. The summed E-state index contributed by atoms with van der Waals surface area (Å²) in [7, 11) is 0. The summed E-state index contributed by atoms with van der Waals surface area (Å²) >= 11 is 0. The van der Waals surface area contributed by atoms with E-state index in [1.165, 1.54) is 30.0 Å². The molecule has 1 aromatic carbocycles. The van der Waals surface area contributed by atoms with E-state index in [-0.39, 0.29) is 5.91 Å². The summed E-state index contributed by atoms with van der Waals surface area (Å²) in [5.74, 6) is -0.107. The van der Waals surface area contributed by atoms with Crippen LogP contribution in [0.3, 0.4) is 0 Å². The van der Waals surface area contributed by atoms with E-state index in [0.29, 0.717) is 6.54 Å². The van der Waals surface area contributed by atoms with Crippen LogP contribution in [0.1, 0.15) is 30.9 Å². The maximum Gasteiger partial charge on any atom is 0.243 e. The summed E-state index contributed by atoms with van der Waals surface area (Å²) < 4.78 is 0. The van der Waals surface area contributed by atoms with Gasteiger partial charge >= 0.3 is 0 Å². The monoisotopic (exact) mass is 231 g/mol. The number of carbonyl (C=O) groups is 1. The molecular weight excluding hydrogens is 210 g/mol. The Morgan fingerprint density at radius 3 is 2.35 bits per heavy atom. The van der Waals surface area contributed by atoms with Crippen LogP contribution in [0.2, 0.25) is 0 Å². The van der Waals surface area contributed by atoms with Gasteiger partial charge in [0.1, 0.15) is 0 Å². The minimum absolute atomic E-state index is 0.107. The molecule has 1 amide bonds. The largest absolute Gasteiger partial charge is 0.352 e. The zero-order chi connectivity index (χ0) is 12.5. The van der Waals surface area contributed by atoms with Crippen LogP contribution in [0, 0.1) is 0 Å². The zero-order valence-corrected chi connectivity index (χ0v) is 10.5. The van der Waals surface area contributed by atoms with Crippen LogP contribution in [-0.4, -0.2) is 12.5 Å². The van der Waals surface area contributed by atoms with Gasteiger partial charge in [-0.25, -0.2) is 0 Å². The van der Waals surface area contributed by atoms with Crippen molar-refractivity contribution in [3.8, 4) is 0 Å². The molecule has 0 aliphatic carbocycles. The van der Waals surface area contributed by atoms with Gasteiger partial charge in [-0.2, -0.15) is 0 Å². The first-order valence-electron chi connectivity index (χ1n) is 6.24. The number of amides is 1. The molecular formula is C15H21NO. The number of hydrogen-bond donors (Lipinski definition) is 1. The van der Waals surface area contributed by atoms with Gasteiger partial charge in [0.25, 0.3) is 0 Å². The molecule has 0 aliphatic heterocycles. The van der Waals surface area contributed by atoms with Crippen LogP contribution >= 0.6 is 0 Å². The number of rotatable bonds is 7. The normalized spacial score (nSPS) is 9.94. The van der Waals surface area contributed by atoms with E-state index in [2.05, 4.69) is 43.1 Å². The molecule has 17 heavy (non-hydrogen) atoms. The van der Waals surface area contributed by atoms with Crippen molar-refractivity contribution in [2.24, 2.45) is 0 Å². The molecule has 0 fully saturated rings. The predicted molar refractivity (Wildman–Crippen MR) is 72.0 cm³/mol. The first-order chi connectivity index (χ1) is 8.26. The van der Waals surface area contributed by atoms with E-state index in [1.54, 1.807) is 0 Å². The third kappa shape index (κ3) is 5.34. The fourth-order valence-electron chi connectivity index (χ4n) is 1.66. The lowest BCUT2D eigenvalue weighted by Gasteiger charge is -2.04. The van der Waals surface area contributed by atoms with Gasteiger partial charge in [0.15, 0.2) is 0 Å². The maximum atomic E-state index is 10.9. The number of benzene rings is 1. The second kappa shape index (κ2) is 7.66. The lowest BCUT2D eigenvalue weighted by molar-refractivity contribution is -0.116. The molecule has 0 bridgehead atoms. The first kappa shape index (κ1) is 13.5. The Labute approximate surface area is 104 Å². The molecule has 1 N–H and O–H groups in total. The fraction of sp³-hybridized carbons (Fsp3) is 0.400. The third-order valence-corrected chi connectivity index (χ3v) is 2.74. The summed E-state index contributed by atoms with van der Waals surface area (Å²) in [4.78, 5) is 10.9. The third-order valence-electron chi connectivity index (χ3n) is 2.74. The first-order valence-corrected chi connectivity index (χ1v) is 6.24. The summed E-state index contributed by atoms with van der Waals surface area (Å²) in [5, 5.41) is 2.77. The molecule has 0 unspecified atom stereocenters. The molecule has 0 aliphatic rings. The van der Waals surface area contributed by atoms with Crippen molar-refractivity contribution in [3.05, 3.63) is 48.0 Å². The van der Waals surface area contributed by atoms with E-state index in [0.717, 1.165) is 12.8 Å². The fourth-order valence-corrected chi connectivity index (χ4v) is 1.66. The van der Waals surface area contributed by atoms with E-state index in [1.807, 2.05) is 0 Å². The molecule has 0 radical (unpaired) electrons. The highest BCUT2D eigenvalue weighted by Gasteiger charge is 1.97. The van der Waals surface area contributed by atoms with Gasteiger partial charge in [-0.05, 0) is 36.5 Å². The van der Waals surface area contributed by atoms with Crippen molar-refractivity contribution in [2.45, 2.75) is 32.6 Å². The summed E-state index contributed by atoms with van der Waals surface area (Å²) in [6, 6.07) is 8.65. The van der Waals surface area contributed by atoms with Crippen molar-refractivity contribution in [1.82, 2.24) is 5.32 Å². The molecule has 0 atom stereocenters. The Hall–Kier alpha value is -1.57. The lowest BCUT2D eigenvalue weighted by Crippen LogP contribution is -2.23. The number of nitrogens with one attached hydrogen (secondary N) is 1. The minimum atomic E-state index is -0.107. The van der Waals surface area contributed by atoms with Gasteiger partial charge in [-0.1, -0.05) is 44.2 Å². The quantitative estimate of drug-likeness (QED) is 0.718. The van der Waals surface area contributed by atoms with Crippen LogP contribution in [0.4, 0.5) is 0 Å². The molecule has 0 saturated heterocycles. The van der Waals surface area contributed by atoms with Crippen LogP contribution in [-0.2, 0) is 17.6 Å². The smallest absolute Gasteiger partial charge is 0.243 e. The van der Waals surface area contributed by atoms with Crippen molar-refractivity contribution in [1.29, 1.82) is 0 Å². The van der Waals surface area contributed by atoms with E-state index in [9.17, 15) is 4.79 Å². The molecule has 0 aromatic heterocycles. The molecule has 0 spiro atoms. The van der Waals surface area contributed by atoms with Crippen molar-refractivity contribution in [2.75, 3.05) is 6.54 Å². The van der Waals surface area contributed by atoms with Crippen LogP contribution in [0.5, 0.6) is 0 Å². The van der Waals surface area contributed by atoms with E-state index >= 15 is 0 Å². The zero-order valence-electron chi connectivity index (χ0n) is 10.5. The highest BCUT2D eigenvalue weighted by Crippen LogP contribution is 2.08. The second-order valence-corrected chi connectivity index (χ2v) is 4.17. The molecule has 2 heteroatoms. The maximum absolute atomic E-state index is 10.9. The van der Waals surface area contributed by atoms with E-state index < -0.39 is 0 Å². The lowest BCUT2D eigenvalue weighted by atomic mass is 10.1. The van der Waals surface area contributed by atoms with Crippen molar-refractivity contribution in [3.63, 3.8) is 0 Å². The van der Waals surface area contributed by atoms with Gasteiger partial charge < -0.3 is 5.32 Å². The van der Waals surface area contributed by atoms with Gasteiger partial charge in [0.05, 0.1) is 0 Å². The van der Waals surface area contributed by atoms with Crippen LogP contribution < -0.4 is 5.32 Å². The minimum Gasteiger partial charge on any atom is -0.352 e. The number of unbranched alkanes of at least 4 members (excludes halogenated alkanes) is 1.